The van der Waals surface area contributed by atoms with Crippen LogP contribution in [0, 0.1) is 0 Å². The first kappa shape index (κ1) is 8.91. The Balaban J connectivity index is 2.49. The molecule has 2 heterocycles. The molecule has 0 aliphatic heterocycles. The third-order valence-electron chi connectivity index (χ3n) is 1.76. The van der Waals surface area contributed by atoms with Gasteiger partial charge in [0.2, 0.25) is 0 Å². The Bertz CT molecular complexity index is 424. The molecule has 2 aromatic heterocycles. The van der Waals surface area contributed by atoms with Gasteiger partial charge >= 0.3 is 0 Å². The highest BCUT2D eigenvalue weighted by molar-refractivity contribution is 7.97. The quantitative estimate of drug-likeness (QED) is 0.762. The van der Waals surface area contributed by atoms with Gasteiger partial charge < -0.3 is 4.40 Å². The summed E-state index contributed by atoms with van der Waals surface area (Å²) in [6, 6.07) is 3.78. The topological polar surface area (TPSA) is 17.3 Å². The van der Waals surface area contributed by atoms with Gasteiger partial charge in [0.15, 0.2) is 0 Å². The van der Waals surface area contributed by atoms with Crippen molar-refractivity contribution < 1.29 is 0 Å². The lowest BCUT2D eigenvalue weighted by Crippen LogP contribution is -1.79. The van der Waals surface area contributed by atoms with E-state index in [2.05, 4.69) is 11.2 Å². The van der Waals surface area contributed by atoms with Gasteiger partial charge in [-0.2, -0.15) is 11.8 Å². The van der Waals surface area contributed by atoms with Crippen molar-refractivity contribution >= 4 is 29.0 Å². The van der Waals surface area contributed by atoms with Crippen molar-refractivity contribution in [3.05, 3.63) is 35.2 Å². The second-order valence-electron chi connectivity index (χ2n) is 2.78. The van der Waals surface area contributed by atoms with Gasteiger partial charge in [0.1, 0.15) is 5.65 Å². The molecule has 0 saturated carbocycles. The van der Waals surface area contributed by atoms with Crippen LogP contribution < -0.4 is 0 Å². The molecule has 0 amide bonds. The molecule has 68 valence electrons. The SMILES string of the molecule is CSCc1cn2cc(Cl)ccc2n1. The number of aromatic nitrogens is 2. The fourth-order valence-electron chi connectivity index (χ4n) is 1.23. The summed E-state index contributed by atoms with van der Waals surface area (Å²) < 4.78 is 1.95. The molecular weight excluding hydrogens is 204 g/mol. The Labute approximate surface area is 85.9 Å². The van der Waals surface area contributed by atoms with Crippen molar-refractivity contribution in [2.75, 3.05) is 6.26 Å². The molecule has 0 aliphatic rings. The molecule has 2 aromatic rings. The van der Waals surface area contributed by atoms with Crippen LogP contribution in [0.4, 0.5) is 0 Å². The van der Waals surface area contributed by atoms with Crippen LogP contribution in [-0.4, -0.2) is 15.6 Å². The summed E-state index contributed by atoms with van der Waals surface area (Å²) >= 11 is 7.62. The number of imidazole rings is 1. The summed E-state index contributed by atoms with van der Waals surface area (Å²) in [5, 5.41) is 0.737. The van der Waals surface area contributed by atoms with Crippen LogP contribution in [0.15, 0.2) is 24.5 Å². The van der Waals surface area contributed by atoms with Gasteiger partial charge in [-0.15, -0.1) is 0 Å². The minimum Gasteiger partial charge on any atom is -0.305 e. The maximum absolute atomic E-state index is 5.85. The Kier molecular flexibility index (Phi) is 2.47. The van der Waals surface area contributed by atoms with Gasteiger partial charge in [0, 0.05) is 18.1 Å². The predicted octanol–water partition coefficient (Wildman–Crippen LogP) is 2.85. The van der Waals surface area contributed by atoms with Crippen molar-refractivity contribution in [1.82, 2.24) is 9.38 Å². The van der Waals surface area contributed by atoms with Crippen LogP contribution in [0.2, 0.25) is 5.02 Å². The van der Waals surface area contributed by atoms with E-state index in [9.17, 15) is 0 Å². The third kappa shape index (κ3) is 1.81. The van der Waals surface area contributed by atoms with Crippen LogP contribution in [0.5, 0.6) is 0 Å². The molecule has 0 bridgehead atoms. The largest absolute Gasteiger partial charge is 0.305 e. The molecule has 0 aromatic carbocycles. The number of halogens is 1. The summed E-state index contributed by atoms with van der Waals surface area (Å²) in [7, 11) is 0. The van der Waals surface area contributed by atoms with Gasteiger partial charge in [-0.25, -0.2) is 4.98 Å². The van der Waals surface area contributed by atoms with E-state index in [1.165, 1.54) is 0 Å². The van der Waals surface area contributed by atoms with Crippen LogP contribution in [0.3, 0.4) is 0 Å². The van der Waals surface area contributed by atoms with Crippen molar-refractivity contribution in [2.24, 2.45) is 0 Å². The van der Waals surface area contributed by atoms with E-state index in [1.54, 1.807) is 11.8 Å². The number of rotatable bonds is 2. The summed E-state index contributed by atoms with van der Waals surface area (Å²) in [4.78, 5) is 4.43. The monoisotopic (exact) mass is 212 g/mol. The Hall–Kier alpha value is -0.670. The molecule has 0 radical (unpaired) electrons. The number of pyridine rings is 1. The zero-order chi connectivity index (χ0) is 9.26. The molecule has 0 fully saturated rings. The molecule has 13 heavy (non-hydrogen) atoms. The summed E-state index contributed by atoms with van der Waals surface area (Å²) in [5.41, 5.74) is 2.04. The molecule has 0 spiro atoms. The summed E-state index contributed by atoms with van der Waals surface area (Å²) in [5.74, 6) is 0.944. The first-order valence-electron chi connectivity index (χ1n) is 3.91. The zero-order valence-corrected chi connectivity index (χ0v) is 8.77. The van der Waals surface area contributed by atoms with Gasteiger partial charge in [-0.1, -0.05) is 11.6 Å². The van der Waals surface area contributed by atoms with Crippen molar-refractivity contribution in [3.63, 3.8) is 0 Å². The Morgan fingerprint density at radius 3 is 3.08 bits per heavy atom. The minimum atomic E-state index is 0.737. The highest BCUT2D eigenvalue weighted by atomic mass is 35.5. The van der Waals surface area contributed by atoms with Crippen LogP contribution in [-0.2, 0) is 5.75 Å². The van der Waals surface area contributed by atoms with Gasteiger partial charge in [-0.3, -0.25) is 0 Å². The molecule has 0 atom stereocenters. The van der Waals surface area contributed by atoms with Gasteiger partial charge in [-0.05, 0) is 18.4 Å². The number of hydrogen-bond donors (Lipinski definition) is 0. The second kappa shape index (κ2) is 3.60. The second-order valence-corrected chi connectivity index (χ2v) is 4.08. The van der Waals surface area contributed by atoms with Crippen molar-refractivity contribution in [2.45, 2.75) is 5.75 Å². The molecule has 4 heteroatoms. The summed E-state index contributed by atoms with van der Waals surface area (Å²) in [6.07, 6.45) is 5.95. The lowest BCUT2D eigenvalue weighted by Gasteiger charge is -1.91. The number of thioether (sulfide) groups is 1. The maximum Gasteiger partial charge on any atom is 0.137 e. The van der Waals surface area contributed by atoms with Crippen LogP contribution >= 0.6 is 23.4 Å². The minimum absolute atomic E-state index is 0.737. The lowest BCUT2D eigenvalue weighted by atomic mass is 10.5. The number of hydrogen-bond acceptors (Lipinski definition) is 2. The normalized spacial score (nSPS) is 10.9. The van der Waals surface area contributed by atoms with E-state index in [-0.39, 0.29) is 0 Å². The maximum atomic E-state index is 5.85. The molecule has 0 N–H and O–H groups in total. The fraction of sp³-hybridized carbons (Fsp3) is 0.222. The smallest absolute Gasteiger partial charge is 0.137 e. The van der Waals surface area contributed by atoms with Gasteiger partial charge in [0.25, 0.3) is 0 Å². The van der Waals surface area contributed by atoms with E-state index in [0.717, 1.165) is 22.1 Å². The first-order chi connectivity index (χ1) is 6.29. The number of fused-ring (bicyclic) bond motifs is 1. The molecule has 0 unspecified atom stereocenters. The fourth-order valence-corrected chi connectivity index (χ4v) is 1.84. The molecule has 0 aliphatic carbocycles. The average molecular weight is 213 g/mol. The van der Waals surface area contributed by atoms with E-state index < -0.39 is 0 Å². The molecular formula is C9H9ClN2S. The van der Waals surface area contributed by atoms with Crippen LogP contribution in [0.1, 0.15) is 5.69 Å². The standard InChI is InChI=1S/C9H9ClN2S/c1-13-6-8-5-12-4-7(10)2-3-9(12)11-8/h2-5H,6H2,1H3. The average Bonchev–Trinajstić information content (AvgIpc) is 2.46. The highest BCUT2D eigenvalue weighted by Gasteiger charge is 2.00. The van der Waals surface area contributed by atoms with Crippen molar-refractivity contribution in [3.8, 4) is 0 Å². The molecule has 2 rings (SSSR count). The van der Waals surface area contributed by atoms with E-state index in [1.807, 2.05) is 28.9 Å². The van der Waals surface area contributed by atoms with Crippen LogP contribution in [0.25, 0.3) is 5.65 Å². The Morgan fingerprint density at radius 2 is 2.31 bits per heavy atom. The zero-order valence-electron chi connectivity index (χ0n) is 7.20. The van der Waals surface area contributed by atoms with E-state index in [0.29, 0.717) is 0 Å². The third-order valence-corrected chi connectivity index (χ3v) is 2.57. The van der Waals surface area contributed by atoms with E-state index in [4.69, 9.17) is 11.6 Å². The number of nitrogens with zero attached hydrogens (tertiary/aromatic N) is 2. The highest BCUT2D eigenvalue weighted by Crippen LogP contribution is 2.13. The summed E-state index contributed by atoms with van der Waals surface area (Å²) in [6.45, 7) is 0. The molecule has 2 nitrogen and oxygen atoms in total. The van der Waals surface area contributed by atoms with E-state index >= 15 is 0 Å². The predicted molar refractivity (Wildman–Crippen MR) is 57.4 cm³/mol. The lowest BCUT2D eigenvalue weighted by molar-refractivity contribution is 1.18. The van der Waals surface area contributed by atoms with Gasteiger partial charge in [0.05, 0.1) is 10.7 Å². The Morgan fingerprint density at radius 1 is 1.46 bits per heavy atom. The van der Waals surface area contributed by atoms with Crippen molar-refractivity contribution in [1.29, 1.82) is 0 Å². The molecule has 0 saturated heterocycles. The first-order valence-corrected chi connectivity index (χ1v) is 5.69.